The first kappa shape index (κ1) is 14.5. The molecule has 0 bridgehead atoms. The highest BCUT2D eigenvalue weighted by Gasteiger charge is 2.38. The molecule has 1 saturated carbocycles. The highest BCUT2D eigenvalue weighted by molar-refractivity contribution is 5.74. The van der Waals surface area contributed by atoms with Gasteiger partial charge in [0, 0.05) is 0 Å². The Morgan fingerprint density at radius 2 is 1.94 bits per heavy atom. The van der Waals surface area contributed by atoms with Gasteiger partial charge in [-0.15, -0.1) is 0 Å². The Labute approximate surface area is 105 Å². The van der Waals surface area contributed by atoms with Crippen LogP contribution >= 0.6 is 0 Å². The van der Waals surface area contributed by atoms with Crippen LogP contribution in [-0.2, 0) is 9.53 Å². The smallest absolute Gasteiger partial charge is 0.334 e. The van der Waals surface area contributed by atoms with E-state index in [2.05, 4.69) is 27.7 Å². The summed E-state index contributed by atoms with van der Waals surface area (Å²) in [5, 5.41) is 9.23. The van der Waals surface area contributed by atoms with Crippen molar-refractivity contribution in [1.29, 1.82) is 0 Å². The molecule has 0 aromatic heterocycles. The zero-order valence-electron chi connectivity index (χ0n) is 11.7. The van der Waals surface area contributed by atoms with Crippen LogP contribution in [0.15, 0.2) is 0 Å². The number of hydrogen-bond acceptors (Lipinski definition) is 3. The van der Waals surface area contributed by atoms with Crippen molar-refractivity contribution in [3.63, 3.8) is 0 Å². The summed E-state index contributed by atoms with van der Waals surface area (Å²) >= 11 is 0. The van der Waals surface area contributed by atoms with Crippen molar-refractivity contribution >= 4 is 5.97 Å². The van der Waals surface area contributed by atoms with Crippen molar-refractivity contribution < 1.29 is 14.6 Å². The standard InChI is InChI=1S/C14H26O3/c1-9(2)11-6-7-14(4,5)8-12(11)17-13(16)10(3)15/h9-12,15H,6-8H2,1-5H3/t10-,11-,12+/m0/s1. The molecule has 3 atom stereocenters. The summed E-state index contributed by atoms with van der Waals surface area (Å²) < 4.78 is 5.47. The van der Waals surface area contributed by atoms with Gasteiger partial charge in [-0.1, -0.05) is 27.7 Å². The summed E-state index contributed by atoms with van der Waals surface area (Å²) in [6, 6.07) is 0. The molecule has 0 amide bonds. The maximum absolute atomic E-state index is 11.5. The summed E-state index contributed by atoms with van der Waals surface area (Å²) in [6.45, 7) is 10.2. The predicted octanol–water partition coefficient (Wildman–Crippen LogP) is 2.76. The highest BCUT2D eigenvalue weighted by atomic mass is 16.6. The Bertz CT molecular complexity index is 269. The number of hydrogen-bond donors (Lipinski definition) is 1. The van der Waals surface area contributed by atoms with Crippen LogP contribution in [0.25, 0.3) is 0 Å². The minimum Gasteiger partial charge on any atom is -0.460 e. The fraction of sp³-hybridized carbons (Fsp3) is 0.929. The third kappa shape index (κ3) is 3.98. The predicted molar refractivity (Wildman–Crippen MR) is 67.5 cm³/mol. The Balaban J connectivity index is 2.71. The van der Waals surface area contributed by atoms with Crippen molar-refractivity contribution in [2.24, 2.45) is 17.3 Å². The molecule has 17 heavy (non-hydrogen) atoms. The van der Waals surface area contributed by atoms with Crippen molar-refractivity contribution in [2.45, 2.75) is 66.1 Å². The van der Waals surface area contributed by atoms with E-state index in [4.69, 9.17) is 4.74 Å². The molecule has 0 radical (unpaired) electrons. The molecule has 0 aromatic rings. The lowest BCUT2D eigenvalue weighted by molar-refractivity contribution is -0.166. The first-order valence-electron chi connectivity index (χ1n) is 6.61. The number of aliphatic hydroxyl groups excluding tert-OH is 1. The second kappa shape index (κ2) is 5.38. The van der Waals surface area contributed by atoms with Crippen molar-refractivity contribution in [1.82, 2.24) is 0 Å². The molecule has 100 valence electrons. The number of carbonyl (C=O) groups excluding carboxylic acids is 1. The second-order valence-corrected chi connectivity index (χ2v) is 6.47. The fourth-order valence-electron chi connectivity index (χ4n) is 2.68. The van der Waals surface area contributed by atoms with E-state index in [1.807, 2.05) is 0 Å². The molecular formula is C14H26O3. The number of esters is 1. The first-order chi connectivity index (χ1) is 7.73. The average molecular weight is 242 g/mol. The number of ether oxygens (including phenoxy) is 1. The van der Waals surface area contributed by atoms with E-state index < -0.39 is 12.1 Å². The Morgan fingerprint density at radius 3 is 2.41 bits per heavy atom. The number of carbonyl (C=O) groups is 1. The summed E-state index contributed by atoms with van der Waals surface area (Å²) in [5.74, 6) is 0.446. The van der Waals surface area contributed by atoms with Crippen LogP contribution in [0.1, 0.15) is 53.9 Å². The van der Waals surface area contributed by atoms with E-state index in [1.54, 1.807) is 0 Å². The molecule has 0 spiro atoms. The molecule has 1 aliphatic carbocycles. The van der Waals surface area contributed by atoms with Crippen LogP contribution in [0.5, 0.6) is 0 Å². The van der Waals surface area contributed by atoms with Gasteiger partial charge in [-0.2, -0.15) is 0 Å². The molecule has 0 heterocycles. The number of rotatable bonds is 3. The summed E-state index contributed by atoms with van der Waals surface area (Å²) in [7, 11) is 0. The lowest BCUT2D eigenvalue weighted by atomic mass is 9.68. The monoisotopic (exact) mass is 242 g/mol. The third-order valence-electron chi connectivity index (χ3n) is 3.85. The third-order valence-corrected chi connectivity index (χ3v) is 3.85. The Morgan fingerprint density at radius 1 is 1.35 bits per heavy atom. The maximum atomic E-state index is 11.5. The minimum atomic E-state index is -1.02. The van der Waals surface area contributed by atoms with E-state index in [0.29, 0.717) is 11.8 Å². The van der Waals surface area contributed by atoms with E-state index in [1.165, 1.54) is 13.3 Å². The van der Waals surface area contributed by atoms with Gasteiger partial charge < -0.3 is 9.84 Å². The molecular weight excluding hydrogens is 216 g/mol. The van der Waals surface area contributed by atoms with Gasteiger partial charge in [-0.25, -0.2) is 4.79 Å². The normalized spacial score (nSPS) is 30.1. The molecule has 3 nitrogen and oxygen atoms in total. The number of aliphatic hydroxyl groups is 1. The summed E-state index contributed by atoms with van der Waals surface area (Å²) in [6.07, 6.45) is 2.11. The first-order valence-corrected chi connectivity index (χ1v) is 6.61. The average Bonchev–Trinajstić information content (AvgIpc) is 2.15. The van der Waals surface area contributed by atoms with Gasteiger partial charge in [0.25, 0.3) is 0 Å². The van der Waals surface area contributed by atoms with Gasteiger partial charge in [0.05, 0.1) is 0 Å². The molecule has 1 fully saturated rings. The largest absolute Gasteiger partial charge is 0.460 e. The zero-order valence-corrected chi connectivity index (χ0v) is 11.7. The van der Waals surface area contributed by atoms with E-state index in [-0.39, 0.29) is 11.5 Å². The maximum Gasteiger partial charge on any atom is 0.334 e. The van der Waals surface area contributed by atoms with Crippen LogP contribution in [0.3, 0.4) is 0 Å². The van der Waals surface area contributed by atoms with Crippen molar-refractivity contribution in [3.8, 4) is 0 Å². The fourth-order valence-corrected chi connectivity index (χ4v) is 2.68. The topological polar surface area (TPSA) is 46.5 Å². The molecule has 0 unspecified atom stereocenters. The minimum absolute atomic E-state index is 0.0409. The molecule has 0 aliphatic heterocycles. The Kier molecular flexibility index (Phi) is 4.59. The molecule has 0 saturated heterocycles. The van der Waals surface area contributed by atoms with Crippen molar-refractivity contribution in [2.75, 3.05) is 0 Å². The van der Waals surface area contributed by atoms with Gasteiger partial charge in [0.1, 0.15) is 12.2 Å². The van der Waals surface area contributed by atoms with Crippen LogP contribution in [0.4, 0.5) is 0 Å². The summed E-state index contributed by atoms with van der Waals surface area (Å²) in [4.78, 5) is 11.5. The van der Waals surface area contributed by atoms with E-state index in [0.717, 1.165) is 12.8 Å². The van der Waals surface area contributed by atoms with Crippen LogP contribution in [0.2, 0.25) is 0 Å². The van der Waals surface area contributed by atoms with Gasteiger partial charge in [-0.3, -0.25) is 0 Å². The summed E-state index contributed by atoms with van der Waals surface area (Å²) in [5.41, 5.74) is 0.231. The van der Waals surface area contributed by atoms with E-state index >= 15 is 0 Å². The lowest BCUT2D eigenvalue weighted by Gasteiger charge is -2.42. The van der Waals surface area contributed by atoms with Gasteiger partial charge in [-0.05, 0) is 43.4 Å². The zero-order chi connectivity index (χ0) is 13.2. The van der Waals surface area contributed by atoms with Gasteiger partial charge >= 0.3 is 5.97 Å². The molecule has 1 rings (SSSR count). The lowest BCUT2D eigenvalue weighted by Crippen LogP contribution is -2.40. The molecule has 1 N–H and O–H groups in total. The van der Waals surface area contributed by atoms with Crippen molar-refractivity contribution in [3.05, 3.63) is 0 Å². The Hall–Kier alpha value is -0.570. The SMILES string of the molecule is CC(C)[C@@H]1CCC(C)(C)C[C@H]1OC(=O)[C@H](C)O. The molecule has 3 heteroatoms. The van der Waals surface area contributed by atoms with E-state index in [9.17, 15) is 9.90 Å². The van der Waals surface area contributed by atoms with Crippen LogP contribution in [-0.4, -0.2) is 23.3 Å². The van der Waals surface area contributed by atoms with Crippen LogP contribution < -0.4 is 0 Å². The van der Waals surface area contributed by atoms with Gasteiger partial charge in [0.2, 0.25) is 0 Å². The molecule has 0 aromatic carbocycles. The quantitative estimate of drug-likeness (QED) is 0.774. The highest BCUT2D eigenvalue weighted by Crippen LogP contribution is 2.42. The second-order valence-electron chi connectivity index (χ2n) is 6.47. The van der Waals surface area contributed by atoms with Gasteiger partial charge in [0.15, 0.2) is 0 Å². The molecule has 1 aliphatic rings. The van der Waals surface area contributed by atoms with Crippen LogP contribution in [0, 0.1) is 17.3 Å².